The second-order valence-electron chi connectivity index (χ2n) is 3.60. The topological polar surface area (TPSA) is 39.2 Å². The molecule has 2 aromatic rings. The van der Waals surface area contributed by atoms with Crippen molar-refractivity contribution in [1.29, 1.82) is 0 Å². The van der Waals surface area contributed by atoms with E-state index in [1.807, 2.05) is 12.3 Å². The zero-order valence-electron chi connectivity index (χ0n) is 9.44. The molecule has 18 heavy (non-hydrogen) atoms. The first-order chi connectivity index (χ1) is 8.60. The van der Waals surface area contributed by atoms with E-state index in [0.29, 0.717) is 27.6 Å². The van der Waals surface area contributed by atoms with Crippen LogP contribution in [0.4, 0.5) is 0 Å². The summed E-state index contributed by atoms with van der Waals surface area (Å²) in [6.45, 7) is 2.19. The van der Waals surface area contributed by atoms with Gasteiger partial charge in [-0.25, -0.2) is 4.98 Å². The van der Waals surface area contributed by atoms with Gasteiger partial charge in [0.15, 0.2) is 6.29 Å². The van der Waals surface area contributed by atoms with E-state index in [-0.39, 0.29) is 6.61 Å². The summed E-state index contributed by atoms with van der Waals surface area (Å²) in [5.74, 6) is 0.337. The summed E-state index contributed by atoms with van der Waals surface area (Å²) in [7, 11) is 0. The molecule has 0 aliphatic carbocycles. The van der Waals surface area contributed by atoms with E-state index in [1.165, 1.54) is 17.4 Å². The van der Waals surface area contributed by atoms with E-state index in [0.717, 1.165) is 10.7 Å². The fraction of sp³-hybridized carbons (Fsp3) is 0.167. The van der Waals surface area contributed by atoms with Gasteiger partial charge in [-0.3, -0.25) is 4.79 Å². The third-order valence-corrected chi connectivity index (χ3v) is 3.61. The molecule has 0 radical (unpaired) electrons. The van der Waals surface area contributed by atoms with Gasteiger partial charge in [-0.05, 0) is 19.1 Å². The SMILES string of the molecule is Cc1csc(COc2c(Cl)cc(Cl)cc2C=O)n1. The second kappa shape index (κ2) is 5.69. The van der Waals surface area contributed by atoms with Crippen molar-refractivity contribution in [2.75, 3.05) is 0 Å². The van der Waals surface area contributed by atoms with Crippen LogP contribution in [-0.2, 0) is 6.61 Å². The molecular formula is C12H9Cl2NO2S. The number of hydrogen-bond acceptors (Lipinski definition) is 4. The number of halogens is 2. The first-order valence-electron chi connectivity index (χ1n) is 5.08. The predicted octanol–water partition coefficient (Wildman–Crippen LogP) is 4.15. The number of carbonyl (C=O) groups is 1. The number of aryl methyl sites for hydroxylation is 1. The van der Waals surface area contributed by atoms with Gasteiger partial charge in [-0.2, -0.15) is 0 Å². The highest BCUT2D eigenvalue weighted by Crippen LogP contribution is 2.32. The van der Waals surface area contributed by atoms with Crippen molar-refractivity contribution < 1.29 is 9.53 Å². The van der Waals surface area contributed by atoms with Gasteiger partial charge in [0.05, 0.1) is 10.6 Å². The van der Waals surface area contributed by atoms with Gasteiger partial charge in [0.2, 0.25) is 0 Å². The lowest BCUT2D eigenvalue weighted by molar-refractivity contribution is 0.111. The zero-order valence-corrected chi connectivity index (χ0v) is 11.8. The first-order valence-corrected chi connectivity index (χ1v) is 6.71. The Labute approximate surface area is 118 Å². The zero-order chi connectivity index (χ0) is 13.1. The average Bonchev–Trinajstić information content (AvgIpc) is 2.73. The van der Waals surface area contributed by atoms with Crippen LogP contribution in [0, 0.1) is 6.92 Å². The van der Waals surface area contributed by atoms with Crippen molar-refractivity contribution in [3.05, 3.63) is 43.8 Å². The number of nitrogens with zero attached hydrogens (tertiary/aromatic N) is 1. The lowest BCUT2D eigenvalue weighted by Crippen LogP contribution is -1.99. The van der Waals surface area contributed by atoms with E-state index < -0.39 is 0 Å². The van der Waals surface area contributed by atoms with E-state index in [1.54, 1.807) is 6.07 Å². The van der Waals surface area contributed by atoms with E-state index in [2.05, 4.69) is 4.98 Å². The first kappa shape index (κ1) is 13.3. The molecule has 1 aromatic heterocycles. The molecule has 0 amide bonds. The number of ether oxygens (including phenoxy) is 1. The van der Waals surface area contributed by atoms with Gasteiger partial charge in [0.1, 0.15) is 17.4 Å². The molecule has 1 aromatic carbocycles. The summed E-state index contributed by atoms with van der Waals surface area (Å²) in [4.78, 5) is 15.2. The summed E-state index contributed by atoms with van der Waals surface area (Å²) in [6.07, 6.45) is 0.667. The molecule has 2 rings (SSSR count). The van der Waals surface area contributed by atoms with Gasteiger partial charge < -0.3 is 4.74 Å². The molecular weight excluding hydrogens is 293 g/mol. The summed E-state index contributed by atoms with van der Waals surface area (Å²) in [6, 6.07) is 3.06. The maximum absolute atomic E-state index is 10.9. The second-order valence-corrected chi connectivity index (χ2v) is 5.38. The highest BCUT2D eigenvalue weighted by Gasteiger charge is 2.11. The molecule has 0 N–H and O–H groups in total. The molecule has 0 fully saturated rings. The Hall–Kier alpha value is -1.10. The van der Waals surface area contributed by atoms with Crippen molar-refractivity contribution in [2.45, 2.75) is 13.5 Å². The molecule has 0 saturated carbocycles. The van der Waals surface area contributed by atoms with Gasteiger partial charge in [-0.1, -0.05) is 23.2 Å². The van der Waals surface area contributed by atoms with Crippen LogP contribution < -0.4 is 4.74 Å². The van der Waals surface area contributed by atoms with Crippen LogP contribution in [0.2, 0.25) is 10.0 Å². The van der Waals surface area contributed by atoms with Crippen LogP contribution in [0.15, 0.2) is 17.5 Å². The molecule has 0 unspecified atom stereocenters. The lowest BCUT2D eigenvalue weighted by atomic mass is 10.2. The highest BCUT2D eigenvalue weighted by atomic mass is 35.5. The molecule has 0 saturated heterocycles. The Morgan fingerprint density at radius 2 is 2.22 bits per heavy atom. The molecule has 1 heterocycles. The monoisotopic (exact) mass is 301 g/mol. The maximum atomic E-state index is 10.9. The van der Waals surface area contributed by atoms with E-state index in [9.17, 15) is 4.79 Å². The summed E-state index contributed by atoms with van der Waals surface area (Å²) in [5, 5.41) is 3.48. The number of rotatable bonds is 4. The molecule has 0 aliphatic rings. The van der Waals surface area contributed by atoms with Gasteiger partial charge in [0, 0.05) is 16.1 Å². The Kier molecular flexibility index (Phi) is 4.22. The van der Waals surface area contributed by atoms with Crippen molar-refractivity contribution >= 4 is 40.8 Å². The fourth-order valence-electron chi connectivity index (χ4n) is 1.42. The standard InChI is InChI=1S/C12H9Cl2NO2S/c1-7-6-18-11(15-7)5-17-12-8(4-16)2-9(13)3-10(12)14/h2-4,6H,5H2,1H3. The highest BCUT2D eigenvalue weighted by molar-refractivity contribution is 7.09. The number of hydrogen-bond donors (Lipinski definition) is 0. The van der Waals surface area contributed by atoms with Gasteiger partial charge in [0.25, 0.3) is 0 Å². The smallest absolute Gasteiger partial charge is 0.153 e. The molecule has 3 nitrogen and oxygen atoms in total. The quantitative estimate of drug-likeness (QED) is 0.796. The number of carbonyl (C=O) groups excluding carboxylic acids is 1. The molecule has 0 atom stereocenters. The average molecular weight is 302 g/mol. The maximum Gasteiger partial charge on any atom is 0.153 e. The Bertz CT molecular complexity index is 583. The normalized spacial score (nSPS) is 10.4. The van der Waals surface area contributed by atoms with Crippen LogP contribution in [0.5, 0.6) is 5.75 Å². The van der Waals surface area contributed by atoms with Crippen molar-refractivity contribution in [2.24, 2.45) is 0 Å². The summed E-state index contributed by atoms with van der Waals surface area (Å²) < 4.78 is 5.54. The van der Waals surface area contributed by atoms with Gasteiger partial charge >= 0.3 is 0 Å². The van der Waals surface area contributed by atoms with Crippen LogP contribution in [-0.4, -0.2) is 11.3 Å². The number of benzene rings is 1. The molecule has 0 aliphatic heterocycles. The van der Waals surface area contributed by atoms with Crippen LogP contribution >= 0.6 is 34.5 Å². The minimum absolute atomic E-state index is 0.278. The minimum atomic E-state index is 0.278. The largest absolute Gasteiger partial charge is 0.484 e. The van der Waals surface area contributed by atoms with Crippen molar-refractivity contribution in [3.8, 4) is 5.75 Å². The summed E-state index contributed by atoms with van der Waals surface area (Å²) >= 11 is 13.3. The number of aromatic nitrogens is 1. The van der Waals surface area contributed by atoms with Crippen LogP contribution in [0.1, 0.15) is 21.1 Å². The molecule has 0 bridgehead atoms. The Balaban J connectivity index is 2.20. The molecule has 94 valence electrons. The molecule has 0 spiro atoms. The third kappa shape index (κ3) is 3.02. The summed E-state index contributed by atoms with van der Waals surface area (Å²) in [5.41, 5.74) is 1.28. The van der Waals surface area contributed by atoms with E-state index in [4.69, 9.17) is 27.9 Å². The van der Waals surface area contributed by atoms with Crippen molar-refractivity contribution in [3.63, 3.8) is 0 Å². The fourth-order valence-corrected chi connectivity index (χ4v) is 2.67. The van der Waals surface area contributed by atoms with Gasteiger partial charge in [-0.15, -0.1) is 11.3 Å². The van der Waals surface area contributed by atoms with Crippen LogP contribution in [0.25, 0.3) is 0 Å². The third-order valence-electron chi connectivity index (χ3n) is 2.17. The van der Waals surface area contributed by atoms with E-state index >= 15 is 0 Å². The lowest BCUT2D eigenvalue weighted by Gasteiger charge is -2.09. The number of aldehydes is 1. The predicted molar refractivity (Wildman–Crippen MR) is 73.0 cm³/mol. The Morgan fingerprint density at radius 3 is 2.83 bits per heavy atom. The van der Waals surface area contributed by atoms with Crippen molar-refractivity contribution in [1.82, 2.24) is 4.98 Å². The minimum Gasteiger partial charge on any atom is -0.484 e. The Morgan fingerprint density at radius 1 is 1.44 bits per heavy atom. The van der Waals surface area contributed by atoms with Crippen LogP contribution in [0.3, 0.4) is 0 Å². The number of thiazole rings is 1. The molecule has 6 heteroatoms.